The smallest absolute Gasteiger partial charge is 0.475 e. The minimum absolute atomic E-state index is 0.167. The number of hydrogen-bond donors (Lipinski definition) is 2. The van der Waals surface area contributed by atoms with Gasteiger partial charge in [-0.25, -0.2) is 41.7 Å². The number of carboxylic acid groups (broad SMARTS) is 1. The summed E-state index contributed by atoms with van der Waals surface area (Å²) in [6.07, 6.45) is 0.866. The molecule has 3 heterocycles. The van der Waals surface area contributed by atoms with Gasteiger partial charge in [-0.1, -0.05) is 17.7 Å². The van der Waals surface area contributed by atoms with Crippen LogP contribution in [0.5, 0.6) is 11.5 Å². The maximum atomic E-state index is 14.9. The Hall–Kier alpha value is -4.83. The van der Waals surface area contributed by atoms with Crippen molar-refractivity contribution in [2.24, 2.45) is 0 Å². The van der Waals surface area contributed by atoms with Gasteiger partial charge in [0, 0.05) is 47.5 Å². The van der Waals surface area contributed by atoms with Gasteiger partial charge in [0.1, 0.15) is 22.1 Å². The minimum atomic E-state index is -5.08. The Balaban J connectivity index is 0.000000517. The summed E-state index contributed by atoms with van der Waals surface area (Å²) in [5.74, 6) is -5.71. The van der Waals surface area contributed by atoms with E-state index in [9.17, 15) is 30.4 Å². The standard InChI is InChI=1S/C23H14ClF2N5O3S.C2HF3O2/c24-14-5-6-19(15(11-14)18-3-1-4-22-27-9-10-31(18)22)34-20-12-17(26)21(13-16(20)25)35(32,33)30-23-28-7-2-8-29-23;3-2(4,5)1(6)7/h1-13H,(H,28,29,30);(H,6,7). The number of benzene rings is 2. The molecule has 2 aromatic carbocycles. The predicted octanol–water partition coefficient (Wildman–Crippen LogP) is 5.95. The zero-order chi connectivity index (χ0) is 30.7. The highest BCUT2D eigenvalue weighted by molar-refractivity contribution is 7.92. The van der Waals surface area contributed by atoms with Crippen LogP contribution in [-0.4, -0.2) is 45.0 Å². The first-order valence-electron chi connectivity index (χ1n) is 11.2. The molecule has 0 unspecified atom stereocenters. The molecule has 5 rings (SSSR count). The van der Waals surface area contributed by atoms with Crippen LogP contribution in [0.1, 0.15) is 0 Å². The van der Waals surface area contributed by atoms with E-state index in [4.69, 9.17) is 26.2 Å². The lowest BCUT2D eigenvalue weighted by atomic mass is 10.1. The Kier molecular flexibility index (Phi) is 8.58. The van der Waals surface area contributed by atoms with Crippen LogP contribution in [0, 0.1) is 11.6 Å². The number of hydrogen-bond acceptors (Lipinski definition) is 7. The molecule has 42 heavy (non-hydrogen) atoms. The number of imidazole rings is 1. The van der Waals surface area contributed by atoms with Gasteiger partial charge in [-0.2, -0.15) is 13.2 Å². The van der Waals surface area contributed by atoms with Gasteiger partial charge in [0.15, 0.2) is 11.6 Å². The van der Waals surface area contributed by atoms with Crippen molar-refractivity contribution in [3.8, 4) is 22.8 Å². The molecule has 218 valence electrons. The molecule has 10 nitrogen and oxygen atoms in total. The van der Waals surface area contributed by atoms with E-state index in [0.717, 1.165) is 0 Å². The van der Waals surface area contributed by atoms with Crippen LogP contribution >= 0.6 is 11.6 Å². The molecule has 0 saturated carbocycles. The van der Waals surface area contributed by atoms with Crippen molar-refractivity contribution in [3.05, 3.63) is 96.0 Å². The van der Waals surface area contributed by atoms with E-state index >= 15 is 0 Å². The fraction of sp³-hybridized carbons (Fsp3) is 0.0400. The summed E-state index contributed by atoms with van der Waals surface area (Å²) in [4.78, 5) is 19.6. The zero-order valence-corrected chi connectivity index (χ0v) is 22.1. The van der Waals surface area contributed by atoms with Crippen LogP contribution < -0.4 is 9.46 Å². The molecule has 0 saturated heterocycles. The summed E-state index contributed by atoms with van der Waals surface area (Å²) < 4.78 is 96.1. The largest absolute Gasteiger partial charge is 0.490 e. The summed E-state index contributed by atoms with van der Waals surface area (Å²) in [6.45, 7) is 0. The third-order valence-electron chi connectivity index (χ3n) is 5.18. The number of halogens is 6. The number of ether oxygens (including phenoxy) is 1. The molecule has 0 atom stereocenters. The van der Waals surface area contributed by atoms with Crippen LogP contribution in [0.3, 0.4) is 0 Å². The Morgan fingerprint density at radius 1 is 0.929 bits per heavy atom. The second-order valence-electron chi connectivity index (χ2n) is 8.00. The van der Waals surface area contributed by atoms with Crippen LogP contribution in [-0.2, 0) is 14.8 Å². The van der Waals surface area contributed by atoms with E-state index in [0.29, 0.717) is 34.1 Å². The van der Waals surface area contributed by atoms with E-state index in [2.05, 4.69) is 15.0 Å². The van der Waals surface area contributed by atoms with E-state index in [1.165, 1.54) is 30.6 Å². The first-order chi connectivity index (χ1) is 19.8. The fourth-order valence-electron chi connectivity index (χ4n) is 3.40. The third-order valence-corrected chi connectivity index (χ3v) is 6.75. The maximum Gasteiger partial charge on any atom is 0.490 e. The first kappa shape index (κ1) is 30.1. The summed E-state index contributed by atoms with van der Waals surface area (Å²) >= 11 is 6.19. The number of anilines is 1. The third kappa shape index (κ3) is 6.90. The number of carbonyl (C=O) groups is 1. The molecule has 5 aromatic rings. The normalized spacial score (nSPS) is 11.5. The van der Waals surface area contributed by atoms with E-state index in [1.54, 1.807) is 41.1 Å². The van der Waals surface area contributed by atoms with Crippen molar-refractivity contribution < 1.29 is 45.0 Å². The molecule has 0 aliphatic heterocycles. The number of carboxylic acids is 1. The van der Waals surface area contributed by atoms with Crippen molar-refractivity contribution >= 4 is 39.2 Å². The monoisotopic (exact) mass is 627 g/mol. The van der Waals surface area contributed by atoms with E-state index in [-0.39, 0.29) is 11.7 Å². The number of rotatable bonds is 6. The number of nitrogens with one attached hydrogen (secondary N) is 1. The zero-order valence-electron chi connectivity index (χ0n) is 20.6. The number of aromatic nitrogens is 4. The van der Waals surface area contributed by atoms with Crippen LogP contribution in [0.25, 0.3) is 16.9 Å². The molecule has 0 bridgehead atoms. The lowest BCUT2D eigenvalue weighted by Gasteiger charge is -2.15. The summed E-state index contributed by atoms with van der Waals surface area (Å²) in [6, 6.07) is 12.7. The minimum Gasteiger partial charge on any atom is -0.475 e. The quantitative estimate of drug-likeness (QED) is 0.221. The van der Waals surface area contributed by atoms with Crippen molar-refractivity contribution in [2.45, 2.75) is 11.1 Å². The number of fused-ring (bicyclic) bond motifs is 1. The van der Waals surface area contributed by atoms with Gasteiger partial charge in [0.05, 0.1) is 5.69 Å². The topological polar surface area (TPSA) is 136 Å². The van der Waals surface area contributed by atoms with Crippen molar-refractivity contribution in [1.29, 1.82) is 0 Å². The number of sulfonamides is 1. The Morgan fingerprint density at radius 3 is 2.29 bits per heavy atom. The molecule has 0 aliphatic rings. The lowest BCUT2D eigenvalue weighted by molar-refractivity contribution is -0.192. The Morgan fingerprint density at radius 2 is 1.62 bits per heavy atom. The number of aliphatic carboxylic acids is 1. The van der Waals surface area contributed by atoms with Crippen LogP contribution in [0.15, 0.2) is 84.3 Å². The first-order valence-corrected chi connectivity index (χ1v) is 13.1. The highest BCUT2D eigenvalue weighted by Crippen LogP contribution is 2.37. The Labute approximate surface area is 238 Å². The van der Waals surface area contributed by atoms with Gasteiger partial charge in [0.25, 0.3) is 10.0 Å². The molecule has 17 heteroatoms. The van der Waals surface area contributed by atoms with Crippen molar-refractivity contribution in [3.63, 3.8) is 0 Å². The average Bonchev–Trinajstić information content (AvgIpc) is 3.41. The van der Waals surface area contributed by atoms with Gasteiger partial charge in [0.2, 0.25) is 5.95 Å². The van der Waals surface area contributed by atoms with Crippen molar-refractivity contribution in [1.82, 2.24) is 19.4 Å². The molecule has 0 aliphatic carbocycles. The Bertz CT molecular complexity index is 1870. The second kappa shape index (κ2) is 12.0. The molecular weight excluding hydrogens is 613 g/mol. The molecule has 3 aromatic heterocycles. The van der Waals surface area contributed by atoms with Gasteiger partial charge in [-0.05, 0) is 36.4 Å². The number of alkyl halides is 3. The number of pyridine rings is 1. The van der Waals surface area contributed by atoms with Gasteiger partial charge in [-0.15, -0.1) is 0 Å². The summed E-state index contributed by atoms with van der Waals surface area (Å²) in [5, 5.41) is 7.52. The van der Waals surface area contributed by atoms with Crippen LogP contribution in [0.4, 0.5) is 27.9 Å². The summed E-state index contributed by atoms with van der Waals surface area (Å²) in [7, 11) is -4.50. The molecular formula is C25H15ClF5N5O5S. The molecule has 0 amide bonds. The molecule has 2 N–H and O–H groups in total. The fourth-order valence-corrected chi connectivity index (χ4v) is 4.60. The predicted molar refractivity (Wildman–Crippen MR) is 139 cm³/mol. The van der Waals surface area contributed by atoms with Gasteiger partial charge >= 0.3 is 12.1 Å². The van der Waals surface area contributed by atoms with Crippen LogP contribution in [0.2, 0.25) is 5.02 Å². The molecule has 0 radical (unpaired) electrons. The highest BCUT2D eigenvalue weighted by atomic mass is 35.5. The highest BCUT2D eigenvalue weighted by Gasteiger charge is 2.38. The molecule has 0 fully saturated rings. The van der Waals surface area contributed by atoms with Gasteiger partial charge in [-0.3, -0.25) is 4.40 Å². The summed E-state index contributed by atoms with van der Waals surface area (Å²) in [5.41, 5.74) is 1.79. The van der Waals surface area contributed by atoms with E-state index < -0.39 is 44.4 Å². The van der Waals surface area contributed by atoms with Gasteiger partial charge < -0.3 is 9.84 Å². The number of nitrogens with zero attached hydrogens (tertiary/aromatic N) is 4. The lowest BCUT2D eigenvalue weighted by Crippen LogP contribution is -2.21. The SMILES string of the molecule is O=C(O)C(F)(F)F.O=S(=O)(Nc1ncccn1)c1cc(F)c(Oc2ccc(Cl)cc2-c2cccc3nccn23)cc1F. The molecule has 0 spiro atoms. The van der Waals surface area contributed by atoms with E-state index in [1.807, 2.05) is 4.72 Å². The average molecular weight is 628 g/mol. The second-order valence-corrected chi connectivity index (χ2v) is 10.1. The van der Waals surface area contributed by atoms with Crippen molar-refractivity contribution in [2.75, 3.05) is 4.72 Å². The maximum absolute atomic E-state index is 14.9.